The Hall–Kier alpha value is -1.96. The van der Waals surface area contributed by atoms with Gasteiger partial charge in [-0.1, -0.05) is 0 Å². The van der Waals surface area contributed by atoms with Gasteiger partial charge in [0.1, 0.15) is 14.1 Å². The maximum absolute atomic E-state index is 2.27. The van der Waals surface area contributed by atoms with E-state index in [0.29, 0.717) is 0 Å². The van der Waals surface area contributed by atoms with Crippen LogP contribution in [0.3, 0.4) is 0 Å². The summed E-state index contributed by atoms with van der Waals surface area (Å²) in [6.45, 7) is 8.79. The molecule has 2 aromatic heterocycles. The Morgan fingerprint density at radius 3 is 1.35 bits per heavy atom. The minimum absolute atomic E-state index is 1.32. The lowest BCUT2D eigenvalue weighted by Gasteiger charge is -2.08. The van der Waals surface area contributed by atoms with E-state index in [1.807, 2.05) is 0 Å². The molecular weight excluding hydrogens is 244 g/mol. The highest BCUT2D eigenvalue weighted by molar-refractivity contribution is 6.01. The summed E-state index contributed by atoms with van der Waals surface area (Å²) in [7, 11) is 4.28. The molecule has 3 rings (SSSR count). The van der Waals surface area contributed by atoms with Crippen LogP contribution in [0.15, 0.2) is 24.5 Å². The average Bonchev–Trinajstić information content (AvgIpc) is 2.41. The molecular formula is C18H22N2+2. The first-order chi connectivity index (χ1) is 9.41. The Morgan fingerprint density at radius 2 is 1.00 bits per heavy atom. The Bertz CT molecular complexity index is 788. The van der Waals surface area contributed by atoms with Crippen molar-refractivity contribution in [2.45, 2.75) is 27.7 Å². The molecule has 0 fully saturated rings. The average molecular weight is 266 g/mol. The molecule has 0 aliphatic rings. The van der Waals surface area contributed by atoms with Crippen LogP contribution in [0, 0.1) is 27.7 Å². The summed E-state index contributed by atoms with van der Waals surface area (Å²) in [6.07, 6.45) is 4.46. The SMILES string of the molecule is Cc1c[n+](C)c2c(ccc3c(C)c(C)c[n+](C)c32)c1C. The number of aromatic nitrogens is 2. The van der Waals surface area contributed by atoms with Crippen LogP contribution in [0.4, 0.5) is 0 Å². The predicted molar refractivity (Wildman–Crippen MR) is 82.8 cm³/mol. The standard InChI is InChI=1S/C18H22N2/c1-11-9-19(5)17-15(13(11)3)7-8-16-14(4)12(2)10-20(6)18(16)17/h7-10H,1-6H3/q+2. The van der Waals surface area contributed by atoms with Crippen LogP contribution < -0.4 is 9.13 Å². The fourth-order valence-electron chi connectivity index (χ4n) is 3.23. The minimum atomic E-state index is 1.32. The molecule has 102 valence electrons. The quantitative estimate of drug-likeness (QED) is 0.437. The number of benzene rings is 1. The molecule has 0 amide bonds. The van der Waals surface area contributed by atoms with Gasteiger partial charge in [-0.2, -0.15) is 9.13 Å². The number of nitrogens with zero attached hydrogens (tertiary/aromatic N) is 2. The number of aryl methyl sites for hydroxylation is 6. The first-order valence-electron chi connectivity index (χ1n) is 7.10. The van der Waals surface area contributed by atoms with Gasteiger partial charge in [0.05, 0.1) is 10.8 Å². The monoisotopic (exact) mass is 266 g/mol. The van der Waals surface area contributed by atoms with Crippen LogP contribution in [0.1, 0.15) is 22.3 Å². The van der Waals surface area contributed by atoms with Crippen molar-refractivity contribution >= 4 is 21.8 Å². The van der Waals surface area contributed by atoms with Crippen molar-refractivity contribution in [3.05, 3.63) is 46.8 Å². The van der Waals surface area contributed by atoms with Crippen LogP contribution in [-0.2, 0) is 14.1 Å². The molecule has 0 radical (unpaired) electrons. The van der Waals surface area contributed by atoms with Crippen molar-refractivity contribution in [2.75, 3.05) is 0 Å². The van der Waals surface area contributed by atoms with E-state index in [9.17, 15) is 0 Å². The summed E-state index contributed by atoms with van der Waals surface area (Å²) in [5.41, 5.74) is 8.06. The maximum Gasteiger partial charge on any atom is 0.285 e. The Balaban J connectivity index is 2.67. The number of fused-ring (bicyclic) bond motifs is 3. The summed E-state index contributed by atoms with van der Waals surface area (Å²) < 4.78 is 4.52. The van der Waals surface area contributed by atoms with Gasteiger partial charge in [0.2, 0.25) is 0 Å². The predicted octanol–water partition coefficient (Wildman–Crippen LogP) is 2.88. The summed E-state index contributed by atoms with van der Waals surface area (Å²) in [5, 5.41) is 2.69. The van der Waals surface area contributed by atoms with Crippen LogP contribution in [0.5, 0.6) is 0 Å². The molecule has 0 bridgehead atoms. The van der Waals surface area contributed by atoms with Crippen molar-refractivity contribution in [2.24, 2.45) is 14.1 Å². The van der Waals surface area contributed by atoms with Crippen molar-refractivity contribution < 1.29 is 9.13 Å². The summed E-state index contributed by atoms with van der Waals surface area (Å²) in [4.78, 5) is 0. The van der Waals surface area contributed by atoms with Gasteiger partial charge in [0.25, 0.3) is 11.0 Å². The molecule has 3 aromatic rings. The van der Waals surface area contributed by atoms with Gasteiger partial charge >= 0.3 is 0 Å². The largest absolute Gasteiger partial charge is 0.285 e. The van der Waals surface area contributed by atoms with Crippen molar-refractivity contribution in [3.8, 4) is 0 Å². The summed E-state index contributed by atoms with van der Waals surface area (Å²) >= 11 is 0. The van der Waals surface area contributed by atoms with Gasteiger partial charge in [0.15, 0.2) is 12.4 Å². The maximum atomic E-state index is 2.27. The van der Waals surface area contributed by atoms with E-state index in [1.54, 1.807) is 0 Å². The molecule has 0 saturated heterocycles. The molecule has 0 N–H and O–H groups in total. The van der Waals surface area contributed by atoms with Crippen LogP contribution in [0.25, 0.3) is 21.8 Å². The van der Waals surface area contributed by atoms with Crippen molar-refractivity contribution in [3.63, 3.8) is 0 Å². The number of rotatable bonds is 0. The Morgan fingerprint density at radius 1 is 0.650 bits per heavy atom. The van der Waals surface area contributed by atoms with Gasteiger partial charge in [-0.05, 0) is 51.0 Å². The topological polar surface area (TPSA) is 7.76 Å². The molecule has 2 heteroatoms. The van der Waals surface area contributed by atoms with E-state index in [0.717, 1.165) is 0 Å². The van der Waals surface area contributed by atoms with E-state index in [4.69, 9.17) is 0 Å². The first kappa shape index (κ1) is 13.0. The van der Waals surface area contributed by atoms with E-state index in [2.05, 4.69) is 75.5 Å². The van der Waals surface area contributed by atoms with Gasteiger partial charge in [-0.3, -0.25) is 0 Å². The minimum Gasteiger partial charge on any atom is -0.195 e. The smallest absolute Gasteiger partial charge is 0.195 e. The van der Waals surface area contributed by atoms with Crippen LogP contribution in [-0.4, -0.2) is 0 Å². The van der Waals surface area contributed by atoms with Gasteiger partial charge < -0.3 is 0 Å². The van der Waals surface area contributed by atoms with Gasteiger partial charge in [-0.15, -0.1) is 0 Å². The molecule has 1 aromatic carbocycles. The number of pyridine rings is 2. The molecule has 0 aliphatic heterocycles. The lowest BCUT2D eigenvalue weighted by Crippen LogP contribution is -2.36. The lowest BCUT2D eigenvalue weighted by atomic mass is 9.99. The van der Waals surface area contributed by atoms with Crippen molar-refractivity contribution in [1.82, 2.24) is 0 Å². The summed E-state index contributed by atoms with van der Waals surface area (Å²) in [6, 6.07) is 4.54. The second-order valence-corrected chi connectivity index (χ2v) is 5.95. The number of hydrogen-bond acceptors (Lipinski definition) is 0. The van der Waals surface area contributed by atoms with E-state index in [1.165, 1.54) is 44.1 Å². The highest BCUT2D eigenvalue weighted by Crippen LogP contribution is 2.26. The molecule has 0 atom stereocenters. The Labute approximate surface area is 120 Å². The van der Waals surface area contributed by atoms with E-state index in [-0.39, 0.29) is 0 Å². The molecule has 0 spiro atoms. The molecule has 20 heavy (non-hydrogen) atoms. The molecule has 2 heterocycles. The number of hydrogen-bond donors (Lipinski definition) is 0. The molecule has 0 unspecified atom stereocenters. The zero-order chi connectivity index (χ0) is 14.6. The third-order valence-electron chi connectivity index (χ3n) is 4.62. The van der Waals surface area contributed by atoms with Crippen LogP contribution in [0.2, 0.25) is 0 Å². The second-order valence-electron chi connectivity index (χ2n) is 5.95. The van der Waals surface area contributed by atoms with Crippen molar-refractivity contribution in [1.29, 1.82) is 0 Å². The molecule has 0 aliphatic carbocycles. The highest BCUT2D eigenvalue weighted by atomic mass is 15.0. The first-order valence-corrected chi connectivity index (χ1v) is 7.10. The van der Waals surface area contributed by atoms with Crippen LogP contribution >= 0.6 is 0 Å². The fourth-order valence-corrected chi connectivity index (χ4v) is 3.23. The van der Waals surface area contributed by atoms with Gasteiger partial charge in [0, 0.05) is 11.1 Å². The normalized spacial score (nSPS) is 11.5. The van der Waals surface area contributed by atoms with E-state index >= 15 is 0 Å². The zero-order valence-electron chi connectivity index (χ0n) is 13.2. The van der Waals surface area contributed by atoms with Gasteiger partial charge in [-0.25, -0.2) is 0 Å². The molecule has 2 nitrogen and oxygen atoms in total. The Kier molecular flexibility index (Phi) is 2.79. The zero-order valence-corrected chi connectivity index (χ0v) is 13.2. The lowest BCUT2D eigenvalue weighted by molar-refractivity contribution is -0.664. The highest BCUT2D eigenvalue weighted by Gasteiger charge is 2.22. The fraction of sp³-hybridized carbons (Fsp3) is 0.333. The van der Waals surface area contributed by atoms with E-state index < -0.39 is 0 Å². The third kappa shape index (κ3) is 1.64. The second kappa shape index (κ2) is 4.27. The molecule has 0 saturated carbocycles. The summed E-state index contributed by atoms with van der Waals surface area (Å²) in [5.74, 6) is 0. The third-order valence-corrected chi connectivity index (χ3v) is 4.62.